The summed E-state index contributed by atoms with van der Waals surface area (Å²) in [6.45, 7) is 6.81. The van der Waals surface area contributed by atoms with E-state index in [2.05, 4.69) is 50.4 Å². The van der Waals surface area contributed by atoms with Crippen LogP contribution in [0.25, 0.3) is 0 Å². The SMILES string of the molecule is CN=C(NCC1(OC)CCOCC1)N1CCC2C(CCCN2Cc2ccccc2)C1. The number of piperidine rings is 2. The van der Waals surface area contributed by atoms with Crippen molar-refractivity contribution in [3.8, 4) is 0 Å². The van der Waals surface area contributed by atoms with Gasteiger partial charge < -0.3 is 19.7 Å². The minimum absolute atomic E-state index is 0.135. The van der Waals surface area contributed by atoms with Gasteiger partial charge in [-0.3, -0.25) is 9.89 Å². The molecule has 2 unspecified atom stereocenters. The summed E-state index contributed by atoms with van der Waals surface area (Å²) in [4.78, 5) is 9.81. The number of rotatable bonds is 5. The van der Waals surface area contributed by atoms with Gasteiger partial charge in [0.25, 0.3) is 0 Å². The first-order valence-corrected chi connectivity index (χ1v) is 11.6. The van der Waals surface area contributed by atoms with Crippen LogP contribution in [0.1, 0.15) is 37.7 Å². The molecular weight excluding hydrogens is 376 g/mol. The van der Waals surface area contributed by atoms with Gasteiger partial charge in [-0.25, -0.2) is 0 Å². The summed E-state index contributed by atoms with van der Waals surface area (Å²) >= 11 is 0. The van der Waals surface area contributed by atoms with E-state index in [1.165, 1.54) is 31.4 Å². The third-order valence-electron chi connectivity index (χ3n) is 7.33. The van der Waals surface area contributed by atoms with Crippen LogP contribution in [0.2, 0.25) is 0 Å². The number of nitrogens with one attached hydrogen (secondary N) is 1. The molecule has 2 atom stereocenters. The van der Waals surface area contributed by atoms with Gasteiger partial charge in [0.2, 0.25) is 0 Å². The van der Waals surface area contributed by atoms with Crippen molar-refractivity contribution in [1.82, 2.24) is 15.1 Å². The van der Waals surface area contributed by atoms with Crippen LogP contribution < -0.4 is 5.32 Å². The van der Waals surface area contributed by atoms with Gasteiger partial charge in [-0.1, -0.05) is 30.3 Å². The van der Waals surface area contributed by atoms with Crippen LogP contribution in [0.15, 0.2) is 35.3 Å². The molecule has 1 aromatic carbocycles. The lowest BCUT2D eigenvalue weighted by atomic mass is 9.83. The third kappa shape index (κ3) is 4.98. The van der Waals surface area contributed by atoms with E-state index in [-0.39, 0.29) is 5.60 Å². The number of ether oxygens (including phenoxy) is 2. The molecule has 3 heterocycles. The van der Waals surface area contributed by atoms with Crippen molar-refractivity contribution in [3.63, 3.8) is 0 Å². The number of aliphatic imine (C=N–C) groups is 1. The Morgan fingerprint density at radius 2 is 2.00 bits per heavy atom. The number of likely N-dealkylation sites (tertiary alicyclic amines) is 2. The molecule has 0 aliphatic carbocycles. The minimum Gasteiger partial charge on any atom is -0.381 e. The van der Waals surface area contributed by atoms with Gasteiger partial charge >= 0.3 is 0 Å². The highest BCUT2D eigenvalue weighted by Gasteiger charge is 2.38. The highest BCUT2D eigenvalue weighted by Crippen LogP contribution is 2.32. The molecule has 0 saturated carbocycles. The Kier molecular flexibility index (Phi) is 7.28. The van der Waals surface area contributed by atoms with Crippen molar-refractivity contribution in [1.29, 1.82) is 0 Å². The molecule has 3 aliphatic heterocycles. The number of benzene rings is 1. The normalized spacial score (nSPS) is 27.5. The maximum atomic E-state index is 5.89. The number of nitrogens with zero attached hydrogens (tertiary/aromatic N) is 3. The van der Waals surface area contributed by atoms with E-state index in [0.717, 1.165) is 58.2 Å². The Labute approximate surface area is 181 Å². The fraction of sp³-hybridized carbons (Fsp3) is 0.708. The third-order valence-corrected chi connectivity index (χ3v) is 7.33. The standard InChI is InChI=1S/C24H38N4O2/c1-25-23(26-19-24(29-2)11-15-30-16-12-24)28-14-10-22-21(18-28)9-6-13-27(22)17-20-7-4-3-5-8-20/h3-5,7-8,21-22H,6,9-19H2,1-2H3,(H,25,26). The highest BCUT2D eigenvalue weighted by atomic mass is 16.5. The van der Waals surface area contributed by atoms with Gasteiger partial charge in [0, 0.05) is 72.4 Å². The quantitative estimate of drug-likeness (QED) is 0.593. The fourth-order valence-corrected chi connectivity index (χ4v) is 5.48. The predicted octanol–water partition coefficient (Wildman–Crippen LogP) is 2.74. The Bertz CT molecular complexity index is 690. The minimum atomic E-state index is -0.135. The van der Waals surface area contributed by atoms with E-state index in [0.29, 0.717) is 12.0 Å². The molecule has 0 amide bonds. The summed E-state index contributed by atoms with van der Waals surface area (Å²) in [6, 6.07) is 11.6. The molecular formula is C24H38N4O2. The summed E-state index contributed by atoms with van der Waals surface area (Å²) < 4.78 is 11.4. The predicted molar refractivity (Wildman–Crippen MR) is 121 cm³/mol. The first kappa shape index (κ1) is 21.6. The van der Waals surface area contributed by atoms with Crippen LogP contribution in [0, 0.1) is 5.92 Å². The molecule has 3 aliphatic rings. The van der Waals surface area contributed by atoms with Crippen molar-refractivity contribution in [3.05, 3.63) is 35.9 Å². The van der Waals surface area contributed by atoms with Crippen molar-refractivity contribution in [2.45, 2.75) is 50.3 Å². The van der Waals surface area contributed by atoms with Crippen molar-refractivity contribution in [2.24, 2.45) is 10.9 Å². The molecule has 6 nitrogen and oxygen atoms in total. The molecule has 1 N–H and O–H groups in total. The molecule has 3 fully saturated rings. The fourth-order valence-electron chi connectivity index (χ4n) is 5.48. The summed E-state index contributed by atoms with van der Waals surface area (Å²) in [5, 5.41) is 3.63. The second kappa shape index (κ2) is 10.1. The van der Waals surface area contributed by atoms with Crippen molar-refractivity contribution < 1.29 is 9.47 Å². The largest absolute Gasteiger partial charge is 0.381 e. The maximum absolute atomic E-state index is 5.89. The topological polar surface area (TPSA) is 49.3 Å². The average Bonchev–Trinajstić information content (AvgIpc) is 2.81. The van der Waals surface area contributed by atoms with Gasteiger partial charge in [-0.2, -0.15) is 0 Å². The molecule has 4 rings (SSSR count). The van der Waals surface area contributed by atoms with E-state index in [4.69, 9.17) is 9.47 Å². The Balaban J connectivity index is 1.34. The van der Waals surface area contributed by atoms with E-state index in [1.807, 2.05) is 14.2 Å². The van der Waals surface area contributed by atoms with Crippen LogP contribution in [-0.2, 0) is 16.0 Å². The summed E-state index contributed by atoms with van der Waals surface area (Å²) in [7, 11) is 3.73. The summed E-state index contributed by atoms with van der Waals surface area (Å²) in [5.41, 5.74) is 1.29. The lowest BCUT2D eigenvalue weighted by molar-refractivity contribution is -0.0858. The van der Waals surface area contributed by atoms with Gasteiger partial charge in [0.15, 0.2) is 5.96 Å². The Morgan fingerprint density at radius 1 is 1.20 bits per heavy atom. The zero-order valence-electron chi connectivity index (χ0n) is 18.7. The van der Waals surface area contributed by atoms with E-state index in [1.54, 1.807) is 0 Å². The number of methoxy groups -OCH3 is 1. The lowest BCUT2D eigenvalue weighted by Gasteiger charge is -2.48. The molecule has 30 heavy (non-hydrogen) atoms. The first-order chi connectivity index (χ1) is 14.7. The van der Waals surface area contributed by atoms with Gasteiger partial charge in [0.05, 0.1) is 5.60 Å². The number of hydrogen-bond donors (Lipinski definition) is 1. The van der Waals surface area contributed by atoms with E-state index in [9.17, 15) is 0 Å². The summed E-state index contributed by atoms with van der Waals surface area (Å²) in [6.07, 6.45) is 5.70. The Hall–Kier alpha value is -1.63. The highest BCUT2D eigenvalue weighted by molar-refractivity contribution is 5.80. The zero-order valence-corrected chi connectivity index (χ0v) is 18.7. The number of fused-ring (bicyclic) bond motifs is 1. The van der Waals surface area contributed by atoms with Crippen molar-refractivity contribution >= 4 is 5.96 Å². The van der Waals surface area contributed by atoms with Gasteiger partial charge in [-0.15, -0.1) is 0 Å². The Morgan fingerprint density at radius 3 is 2.73 bits per heavy atom. The second-order valence-corrected chi connectivity index (χ2v) is 9.06. The van der Waals surface area contributed by atoms with E-state index >= 15 is 0 Å². The molecule has 0 spiro atoms. The number of guanidine groups is 1. The van der Waals surface area contributed by atoms with E-state index < -0.39 is 0 Å². The van der Waals surface area contributed by atoms with Crippen LogP contribution >= 0.6 is 0 Å². The van der Waals surface area contributed by atoms with Crippen LogP contribution in [0.3, 0.4) is 0 Å². The average molecular weight is 415 g/mol. The summed E-state index contributed by atoms with van der Waals surface area (Å²) in [5.74, 6) is 1.74. The zero-order chi connectivity index (χ0) is 20.8. The smallest absolute Gasteiger partial charge is 0.193 e. The molecule has 0 radical (unpaired) electrons. The number of hydrogen-bond acceptors (Lipinski definition) is 4. The van der Waals surface area contributed by atoms with Crippen molar-refractivity contribution in [2.75, 3.05) is 53.6 Å². The van der Waals surface area contributed by atoms with Gasteiger partial charge in [-0.05, 0) is 37.3 Å². The lowest BCUT2D eigenvalue weighted by Crippen LogP contribution is -2.58. The van der Waals surface area contributed by atoms with Gasteiger partial charge in [0.1, 0.15) is 0 Å². The molecule has 1 aromatic rings. The monoisotopic (exact) mass is 414 g/mol. The molecule has 0 aromatic heterocycles. The van der Waals surface area contributed by atoms with Crippen LogP contribution in [0.5, 0.6) is 0 Å². The second-order valence-electron chi connectivity index (χ2n) is 9.06. The molecule has 0 bridgehead atoms. The van der Waals surface area contributed by atoms with Crippen LogP contribution in [-0.4, -0.2) is 81.0 Å². The first-order valence-electron chi connectivity index (χ1n) is 11.6. The maximum Gasteiger partial charge on any atom is 0.193 e. The molecule has 6 heteroatoms. The molecule has 3 saturated heterocycles. The molecule has 166 valence electrons. The van der Waals surface area contributed by atoms with Crippen LogP contribution in [0.4, 0.5) is 0 Å².